The highest BCUT2D eigenvalue weighted by molar-refractivity contribution is 7.22. The number of nitrogens with zero attached hydrogens (tertiary/aromatic N) is 1. The standard InChI is InChI=1S/C20H22N2O3S/c1-4-25-16-9-6-14(12-17(16)24-3)7-10-19(23)22-20-21-15-8-5-13(2)11-18(15)26-20/h5-6,8-9,11-12H,4,7,10H2,1-3H3,(H,21,22,23). The second-order valence-electron chi connectivity index (χ2n) is 5.96. The molecule has 3 rings (SSSR count). The van der Waals surface area contributed by atoms with Crippen molar-refractivity contribution in [1.29, 1.82) is 0 Å². The molecule has 0 spiro atoms. The predicted octanol–water partition coefficient (Wildman–Crippen LogP) is 4.58. The van der Waals surface area contributed by atoms with Gasteiger partial charge in [-0.05, 0) is 55.7 Å². The van der Waals surface area contributed by atoms with Crippen molar-refractivity contribution in [2.24, 2.45) is 0 Å². The van der Waals surface area contributed by atoms with E-state index >= 15 is 0 Å². The van der Waals surface area contributed by atoms with Crippen LogP contribution in [0.15, 0.2) is 36.4 Å². The Bertz CT molecular complexity index is 921. The normalized spacial score (nSPS) is 10.7. The zero-order chi connectivity index (χ0) is 18.5. The summed E-state index contributed by atoms with van der Waals surface area (Å²) in [6.07, 6.45) is 1.00. The minimum absolute atomic E-state index is 0.0476. The molecule has 3 aromatic rings. The van der Waals surface area contributed by atoms with Gasteiger partial charge in [0.25, 0.3) is 0 Å². The van der Waals surface area contributed by atoms with Crippen LogP contribution in [0.4, 0.5) is 5.13 Å². The van der Waals surface area contributed by atoms with Crippen molar-refractivity contribution >= 4 is 32.6 Å². The minimum atomic E-state index is -0.0476. The number of benzene rings is 2. The fourth-order valence-electron chi connectivity index (χ4n) is 2.67. The number of ether oxygens (including phenoxy) is 2. The second kappa shape index (κ2) is 8.19. The van der Waals surface area contributed by atoms with Crippen LogP contribution in [0.5, 0.6) is 11.5 Å². The van der Waals surface area contributed by atoms with Crippen molar-refractivity contribution in [2.75, 3.05) is 19.0 Å². The number of thiazole rings is 1. The van der Waals surface area contributed by atoms with Gasteiger partial charge in [0.2, 0.25) is 5.91 Å². The molecule has 136 valence electrons. The SMILES string of the molecule is CCOc1ccc(CCC(=O)Nc2nc3ccc(C)cc3s2)cc1OC. The van der Waals surface area contributed by atoms with Gasteiger partial charge in [0.1, 0.15) is 0 Å². The quantitative estimate of drug-likeness (QED) is 0.661. The first-order chi connectivity index (χ1) is 12.6. The molecule has 1 heterocycles. The molecular formula is C20H22N2O3S. The molecule has 1 aromatic heterocycles. The van der Waals surface area contributed by atoms with Crippen LogP contribution in [0.3, 0.4) is 0 Å². The first-order valence-corrected chi connectivity index (χ1v) is 9.37. The molecule has 1 N–H and O–H groups in total. The smallest absolute Gasteiger partial charge is 0.226 e. The van der Waals surface area contributed by atoms with Crippen molar-refractivity contribution in [3.05, 3.63) is 47.5 Å². The van der Waals surface area contributed by atoms with Gasteiger partial charge in [0.15, 0.2) is 16.6 Å². The summed E-state index contributed by atoms with van der Waals surface area (Å²) in [6, 6.07) is 11.8. The molecule has 0 aliphatic rings. The van der Waals surface area contributed by atoms with E-state index in [1.54, 1.807) is 7.11 Å². The van der Waals surface area contributed by atoms with Gasteiger partial charge in [0.05, 0.1) is 23.9 Å². The largest absolute Gasteiger partial charge is 0.493 e. The third-order valence-electron chi connectivity index (χ3n) is 3.96. The van der Waals surface area contributed by atoms with Gasteiger partial charge in [-0.25, -0.2) is 4.98 Å². The number of carbonyl (C=O) groups is 1. The molecule has 5 nitrogen and oxygen atoms in total. The van der Waals surface area contributed by atoms with Crippen LogP contribution in [0.2, 0.25) is 0 Å². The van der Waals surface area contributed by atoms with E-state index in [9.17, 15) is 4.79 Å². The number of aromatic nitrogens is 1. The third-order valence-corrected chi connectivity index (χ3v) is 4.89. The first-order valence-electron chi connectivity index (χ1n) is 8.56. The Balaban J connectivity index is 1.61. The van der Waals surface area contributed by atoms with Crippen molar-refractivity contribution < 1.29 is 14.3 Å². The maximum absolute atomic E-state index is 12.3. The number of nitrogens with one attached hydrogen (secondary N) is 1. The number of aryl methyl sites for hydroxylation is 2. The highest BCUT2D eigenvalue weighted by atomic mass is 32.1. The molecule has 0 bridgehead atoms. The highest BCUT2D eigenvalue weighted by Crippen LogP contribution is 2.29. The lowest BCUT2D eigenvalue weighted by molar-refractivity contribution is -0.116. The lowest BCUT2D eigenvalue weighted by atomic mass is 10.1. The Labute approximate surface area is 157 Å². The lowest BCUT2D eigenvalue weighted by Gasteiger charge is -2.10. The molecule has 0 aliphatic heterocycles. The molecule has 6 heteroatoms. The summed E-state index contributed by atoms with van der Waals surface area (Å²) in [4.78, 5) is 16.7. The van der Waals surface area contributed by atoms with Crippen molar-refractivity contribution in [3.8, 4) is 11.5 Å². The van der Waals surface area contributed by atoms with Crippen LogP contribution in [0.25, 0.3) is 10.2 Å². The highest BCUT2D eigenvalue weighted by Gasteiger charge is 2.10. The maximum Gasteiger partial charge on any atom is 0.226 e. The molecule has 1 amide bonds. The summed E-state index contributed by atoms with van der Waals surface area (Å²) in [6.45, 7) is 4.56. The number of amides is 1. The Morgan fingerprint density at radius 1 is 1.19 bits per heavy atom. The number of rotatable bonds is 7. The van der Waals surface area contributed by atoms with E-state index in [0.29, 0.717) is 36.1 Å². The van der Waals surface area contributed by atoms with Crippen LogP contribution in [0, 0.1) is 6.92 Å². The number of carbonyl (C=O) groups excluding carboxylic acids is 1. The molecule has 0 fully saturated rings. The number of methoxy groups -OCH3 is 1. The van der Waals surface area contributed by atoms with Crippen LogP contribution >= 0.6 is 11.3 Å². The Morgan fingerprint density at radius 3 is 2.81 bits per heavy atom. The van der Waals surface area contributed by atoms with E-state index in [-0.39, 0.29) is 5.91 Å². The molecule has 0 atom stereocenters. The molecule has 0 saturated carbocycles. The monoisotopic (exact) mass is 370 g/mol. The average Bonchev–Trinajstić information content (AvgIpc) is 3.02. The topological polar surface area (TPSA) is 60.5 Å². The minimum Gasteiger partial charge on any atom is -0.493 e. The van der Waals surface area contributed by atoms with Crippen LogP contribution in [-0.2, 0) is 11.2 Å². The van der Waals surface area contributed by atoms with E-state index in [1.807, 2.05) is 44.2 Å². The molecule has 26 heavy (non-hydrogen) atoms. The Kier molecular flexibility index (Phi) is 5.73. The zero-order valence-corrected chi connectivity index (χ0v) is 16.0. The molecule has 0 saturated heterocycles. The second-order valence-corrected chi connectivity index (χ2v) is 6.99. The number of anilines is 1. The Morgan fingerprint density at radius 2 is 2.04 bits per heavy atom. The first kappa shape index (κ1) is 18.2. The Hall–Kier alpha value is -2.60. The van der Waals surface area contributed by atoms with E-state index in [2.05, 4.69) is 16.4 Å². The van der Waals surface area contributed by atoms with E-state index in [4.69, 9.17) is 9.47 Å². The van der Waals surface area contributed by atoms with Gasteiger partial charge >= 0.3 is 0 Å². The summed E-state index contributed by atoms with van der Waals surface area (Å²) >= 11 is 1.50. The van der Waals surface area contributed by atoms with Gasteiger partial charge in [-0.3, -0.25) is 4.79 Å². The molecule has 0 unspecified atom stereocenters. The van der Waals surface area contributed by atoms with E-state index < -0.39 is 0 Å². The fraction of sp³-hybridized carbons (Fsp3) is 0.300. The lowest BCUT2D eigenvalue weighted by Crippen LogP contribution is -2.12. The van der Waals surface area contributed by atoms with Gasteiger partial charge in [-0.15, -0.1) is 0 Å². The van der Waals surface area contributed by atoms with Crippen LogP contribution < -0.4 is 14.8 Å². The number of hydrogen-bond acceptors (Lipinski definition) is 5. The third kappa shape index (κ3) is 4.32. The fourth-order valence-corrected chi connectivity index (χ4v) is 3.65. The van der Waals surface area contributed by atoms with Crippen molar-refractivity contribution in [1.82, 2.24) is 4.98 Å². The maximum atomic E-state index is 12.3. The van der Waals surface area contributed by atoms with Crippen LogP contribution in [-0.4, -0.2) is 24.6 Å². The van der Waals surface area contributed by atoms with Gasteiger partial charge in [-0.2, -0.15) is 0 Å². The van der Waals surface area contributed by atoms with Crippen LogP contribution in [0.1, 0.15) is 24.5 Å². The van der Waals surface area contributed by atoms with Gasteiger partial charge in [-0.1, -0.05) is 23.5 Å². The summed E-state index contributed by atoms with van der Waals surface area (Å²) in [5.74, 6) is 1.35. The summed E-state index contributed by atoms with van der Waals surface area (Å²) in [5, 5.41) is 3.53. The predicted molar refractivity (Wildman–Crippen MR) is 105 cm³/mol. The van der Waals surface area contributed by atoms with Gasteiger partial charge < -0.3 is 14.8 Å². The van der Waals surface area contributed by atoms with Crippen molar-refractivity contribution in [2.45, 2.75) is 26.7 Å². The van der Waals surface area contributed by atoms with E-state index in [0.717, 1.165) is 15.8 Å². The van der Waals surface area contributed by atoms with Crippen molar-refractivity contribution in [3.63, 3.8) is 0 Å². The summed E-state index contributed by atoms with van der Waals surface area (Å²) in [5.41, 5.74) is 3.12. The molecule has 0 radical (unpaired) electrons. The van der Waals surface area contributed by atoms with E-state index in [1.165, 1.54) is 16.9 Å². The number of fused-ring (bicyclic) bond motifs is 1. The molecule has 0 aliphatic carbocycles. The molecular weight excluding hydrogens is 348 g/mol. The van der Waals surface area contributed by atoms with Gasteiger partial charge in [0, 0.05) is 6.42 Å². The average molecular weight is 370 g/mol. The summed E-state index contributed by atoms with van der Waals surface area (Å²) in [7, 11) is 1.61. The zero-order valence-electron chi connectivity index (χ0n) is 15.2. The number of hydrogen-bond donors (Lipinski definition) is 1. The summed E-state index contributed by atoms with van der Waals surface area (Å²) < 4.78 is 11.9. The molecule has 2 aromatic carbocycles.